The van der Waals surface area contributed by atoms with Crippen LogP contribution in [0.3, 0.4) is 0 Å². The summed E-state index contributed by atoms with van der Waals surface area (Å²) >= 11 is 14.4. The second-order valence-electron chi connectivity index (χ2n) is 10.3. The maximum absolute atomic E-state index is 11.1. The number of hydrogen-bond acceptors (Lipinski definition) is 9. The van der Waals surface area contributed by atoms with Crippen molar-refractivity contribution in [2.45, 2.75) is 60.7 Å². The summed E-state index contributed by atoms with van der Waals surface area (Å²) < 4.78 is 8.52. The number of halogens is 3. The van der Waals surface area contributed by atoms with Crippen LogP contribution in [0.25, 0.3) is 0 Å². The summed E-state index contributed by atoms with van der Waals surface area (Å²) in [6, 6.07) is 15.0. The summed E-state index contributed by atoms with van der Waals surface area (Å²) in [7, 11) is 3.73. The van der Waals surface area contributed by atoms with E-state index in [1.54, 1.807) is 48.0 Å². The Balaban J connectivity index is 0.000000714. The molecule has 0 saturated carbocycles. The van der Waals surface area contributed by atoms with Crippen molar-refractivity contribution < 1.29 is 19.4 Å². The summed E-state index contributed by atoms with van der Waals surface area (Å²) in [5.74, 6) is -0.191. The topological polar surface area (TPSA) is 127 Å². The summed E-state index contributed by atoms with van der Waals surface area (Å²) in [4.78, 5) is 31.7. The van der Waals surface area contributed by atoms with E-state index < -0.39 is 0 Å². The summed E-state index contributed by atoms with van der Waals surface area (Å²) in [6.07, 6.45) is 11.6. The molecule has 1 N–H and O–H groups in total. The highest BCUT2D eigenvalue weighted by molar-refractivity contribution is 6.63. The van der Waals surface area contributed by atoms with Gasteiger partial charge in [0, 0.05) is 62.9 Å². The Morgan fingerprint density at radius 1 is 0.765 bits per heavy atom. The molecule has 4 rings (SSSR count). The zero-order chi connectivity index (χ0) is 38.4. The third-order valence-corrected chi connectivity index (χ3v) is 6.81. The molecule has 0 amide bonds. The van der Waals surface area contributed by atoms with E-state index in [2.05, 4.69) is 45.9 Å². The van der Waals surface area contributed by atoms with Crippen LogP contribution in [-0.4, -0.2) is 78.2 Å². The SMILES string of the molecule is CCC(=O)Cl.CCC(=O)OCc1ccc(N=Cc2cnn(C)c2)cc1.CCN(CC)CC.ClCCl.Cn1cc(C=Nc2ccc(CO)cc2)cn1. The molecule has 0 radical (unpaired) electrons. The van der Waals surface area contributed by atoms with E-state index in [0.717, 1.165) is 33.6 Å². The third-order valence-electron chi connectivity index (χ3n) is 6.54. The molecule has 0 unspecified atom stereocenters. The van der Waals surface area contributed by atoms with E-state index in [1.807, 2.05) is 75.0 Å². The van der Waals surface area contributed by atoms with Gasteiger partial charge in [0.1, 0.15) is 6.61 Å². The minimum absolute atomic E-state index is 0.0621. The molecular weight excluding hydrogens is 713 g/mol. The lowest BCUT2D eigenvalue weighted by Crippen LogP contribution is -2.21. The van der Waals surface area contributed by atoms with Gasteiger partial charge in [-0.2, -0.15) is 10.2 Å². The molecule has 0 aliphatic rings. The minimum atomic E-state index is -0.273. The van der Waals surface area contributed by atoms with E-state index in [0.29, 0.717) is 19.4 Å². The number of rotatable bonds is 12. The molecule has 51 heavy (non-hydrogen) atoms. The first-order valence-corrected chi connectivity index (χ1v) is 18.0. The number of nitrogens with zero attached hydrogens (tertiary/aromatic N) is 7. The second-order valence-corrected chi connectivity index (χ2v) is 11.6. The minimum Gasteiger partial charge on any atom is -0.461 e. The number of aromatic nitrogens is 4. The van der Waals surface area contributed by atoms with Gasteiger partial charge < -0.3 is 14.7 Å². The van der Waals surface area contributed by atoms with E-state index in [9.17, 15) is 9.59 Å². The van der Waals surface area contributed by atoms with Crippen molar-refractivity contribution in [1.29, 1.82) is 0 Å². The molecule has 0 spiro atoms. The highest BCUT2D eigenvalue weighted by Gasteiger charge is 2.00. The van der Waals surface area contributed by atoms with E-state index in [-0.39, 0.29) is 23.2 Å². The number of aliphatic imine (C=N–C) groups is 2. The van der Waals surface area contributed by atoms with Crippen LogP contribution in [0.2, 0.25) is 0 Å². The summed E-state index contributed by atoms with van der Waals surface area (Å²) in [6.45, 7) is 14.0. The number of carbonyl (C=O) groups excluding carboxylic acids is 2. The molecule has 0 saturated heterocycles. The van der Waals surface area contributed by atoms with E-state index in [4.69, 9.17) is 44.6 Å². The monoisotopic (exact) mass is 763 g/mol. The lowest BCUT2D eigenvalue weighted by Gasteiger charge is -2.13. The molecule has 4 aromatic rings. The maximum Gasteiger partial charge on any atom is 0.305 e. The normalized spacial score (nSPS) is 10.3. The largest absolute Gasteiger partial charge is 0.461 e. The van der Waals surface area contributed by atoms with Crippen molar-refractivity contribution in [1.82, 2.24) is 24.5 Å². The first-order chi connectivity index (χ1) is 24.5. The van der Waals surface area contributed by atoms with Crippen LogP contribution in [-0.2, 0) is 41.6 Å². The van der Waals surface area contributed by atoms with Crippen molar-refractivity contribution in [3.8, 4) is 0 Å². The Morgan fingerprint density at radius 2 is 1.16 bits per heavy atom. The quantitative estimate of drug-likeness (QED) is 0.0667. The van der Waals surface area contributed by atoms with Crippen LogP contribution in [0, 0.1) is 0 Å². The molecule has 0 aliphatic carbocycles. The highest BCUT2D eigenvalue weighted by atomic mass is 35.5. The van der Waals surface area contributed by atoms with Crippen LogP contribution in [0.15, 0.2) is 83.3 Å². The van der Waals surface area contributed by atoms with Crippen molar-refractivity contribution >= 4 is 69.8 Å². The number of hydrogen-bond donors (Lipinski definition) is 1. The highest BCUT2D eigenvalue weighted by Crippen LogP contribution is 2.14. The Kier molecular flexibility index (Phi) is 27.6. The number of alkyl halides is 2. The molecule has 0 atom stereocenters. The fourth-order valence-corrected chi connectivity index (χ4v) is 3.61. The van der Waals surface area contributed by atoms with Gasteiger partial charge in [-0.3, -0.25) is 28.9 Å². The first-order valence-electron chi connectivity index (χ1n) is 16.5. The van der Waals surface area contributed by atoms with Gasteiger partial charge in [-0.15, -0.1) is 23.2 Å². The number of aryl methyl sites for hydroxylation is 2. The molecule has 280 valence electrons. The number of aliphatic hydroxyl groups excluding tert-OH is 1. The van der Waals surface area contributed by atoms with Gasteiger partial charge in [0.15, 0.2) is 0 Å². The average molecular weight is 765 g/mol. The van der Waals surface area contributed by atoms with Gasteiger partial charge in [-0.25, -0.2) is 0 Å². The zero-order valence-electron chi connectivity index (χ0n) is 30.7. The molecule has 0 aliphatic heterocycles. The van der Waals surface area contributed by atoms with Gasteiger partial charge in [-0.1, -0.05) is 58.9 Å². The molecule has 2 aromatic heterocycles. The zero-order valence-corrected chi connectivity index (χ0v) is 32.9. The van der Waals surface area contributed by atoms with E-state index >= 15 is 0 Å². The fraction of sp³-hybridized carbons (Fsp3) is 0.405. The van der Waals surface area contributed by atoms with Crippen molar-refractivity contribution in [2.24, 2.45) is 24.1 Å². The van der Waals surface area contributed by atoms with Crippen LogP contribution < -0.4 is 0 Å². The Bertz CT molecular complexity index is 1530. The molecule has 2 aromatic carbocycles. The predicted molar refractivity (Wildman–Crippen MR) is 211 cm³/mol. The molecule has 0 fully saturated rings. The summed E-state index contributed by atoms with van der Waals surface area (Å²) in [5.41, 5.74) is 5.47. The van der Waals surface area contributed by atoms with Crippen LogP contribution in [0.5, 0.6) is 0 Å². The lowest BCUT2D eigenvalue weighted by molar-refractivity contribution is -0.144. The van der Waals surface area contributed by atoms with E-state index in [1.165, 1.54) is 19.6 Å². The van der Waals surface area contributed by atoms with Crippen molar-refractivity contribution in [2.75, 3.05) is 25.0 Å². The first kappa shape index (κ1) is 47.1. The second kappa shape index (κ2) is 29.8. The number of benzene rings is 2. The van der Waals surface area contributed by atoms with Crippen LogP contribution in [0.1, 0.15) is 69.7 Å². The molecule has 14 heteroatoms. The molecule has 11 nitrogen and oxygen atoms in total. The molecular formula is C37H52Cl3N7O4. The van der Waals surface area contributed by atoms with Crippen LogP contribution >= 0.6 is 34.8 Å². The number of esters is 1. The lowest BCUT2D eigenvalue weighted by atomic mass is 10.2. The molecule has 2 heterocycles. The Labute approximate surface area is 317 Å². The molecule has 0 bridgehead atoms. The fourth-order valence-electron chi connectivity index (χ4n) is 3.61. The smallest absolute Gasteiger partial charge is 0.305 e. The van der Waals surface area contributed by atoms with Gasteiger partial charge in [0.05, 0.1) is 35.7 Å². The Hall–Kier alpha value is -3.87. The summed E-state index contributed by atoms with van der Waals surface area (Å²) in [5, 5.41) is 16.9. The average Bonchev–Trinajstić information content (AvgIpc) is 3.78. The van der Waals surface area contributed by atoms with Gasteiger partial charge in [0.2, 0.25) is 5.24 Å². The van der Waals surface area contributed by atoms with Crippen molar-refractivity contribution in [3.05, 3.63) is 95.6 Å². The number of ether oxygens (including phenoxy) is 1. The standard InChI is InChI=1S/C15H17N3O2.C12H13N3O.C6H15N.C3H5ClO.CH2Cl2/c1-3-15(19)20-11-12-4-6-14(7-5-12)16-8-13-9-17-18(2)10-13;1-15-8-11(7-14-15)6-13-12-4-2-10(9-16)3-5-12;1-4-7(5-2)6-3;1-2-3(4)5;2-1-3/h4-10H,3,11H2,1-2H3;2-8,16H,9H2,1H3;4-6H2,1-3H3;2H2,1H3;1H2. The number of carbonyl (C=O) groups is 2. The number of aliphatic hydroxyl groups is 1. The van der Waals surface area contributed by atoms with Gasteiger partial charge in [-0.05, 0) is 66.6 Å². The van der Waals surface area contributed by atoms with Crippen molar-refractivity contribution in [3.63, 3.8) is 0 Å². The Morgan fingerprint density at radius 3 is 1.43 bits per heavy atom. The van der Waals surface area contributed by atoms with Gasteiger partial charge >= 0.3 is 5.97 Å². The third kappa shape index (κ3) is 24.0. The maximum atomic E-state index is 11.1. The van der Waals surface area contributed by atoms with Crippen LogP contribution in [0.4, 0.5) is 11.4 Å². The van der Waals surface area contributed by atoms with Gasteiger partial charge in [0.25, 0.3) is 0 Å². The predicted octanol–water partition coefficient (Wildman–Crippen LogP) is 8.22.